The van der Waals surface area contributed by atoms with Crippen molar-refractivity contribution >= 4 is 11.9 Å². The lowest BCUT2D eigenvalue weighted by molar-refractivity contribution is -0.144. The zero-order valence-corrected chi connectivity index (χ0v) is 14.8. The Morgan fingerprint density at radius 1 is 1.48 bits per heavy atom. The summed E-state index contributed by atoms with van der Waals surface area (Å²) in [7, 11) is 3.43. The largest absolute Gasteiger partial charge is 0.377 e. The summed E-state index contributed by atoms with van der Waals surface area (Å²) in [6, 6.07) is 0. The first-order valence-corrected chi connectivity index (χ1v) is 8.62. The van der Waals surface area contributed by atoms with E-state index < -0.39 is 5.82 Å². The molecule has 2 aliphatic heterocycles. The van der Waals surface area contributed by atoms with Crippen molar-refractivity contribution < 1.29 is 18.7 Å². The molecule has 0 saturated carbocycles. The number of carbonyl (C=O) groups excluding carboxylic acids is 1. The molecular formula is C17H25FN4O3. The fourth-order valence-corrected chi connectivity index (χ4v) is 3.61. The minimum Gasteiger partial charge on any atom is -0.377 e. The number of hydrogen-bond acceptors (Lipinski definition) is 6. The lowest BCUT2D eigenvalue weighted by Crippen LogP contribution is -2.57. The highest BCUT2D eigenvalue weighted by atomic mass is 19.1. The molecule has 2 fully saturated rings. The molecule has 0 N–H and O–H groups in total. The third-order valence-electron chi connectivity index (χ3n) is 4.99. The molecule has 25 heavy (non-hydrogen) atoms. The van der Waals surface area contributed by atoms with Crippen molar-refractivity contribution in [3.05, 3.63) is 18.2 Å². The van der Waals surface area contributed by atoms with Crippen molar-refractivity contribution in [3.8, 4) is 0 Å². The van der Waals surface area contributed by atoms with E-state index in [2.05, 4.69) is 14.9 Å². The van der Waals surface area contributed by atoms with Gasteiger partial charge in [-0.2, -0.15) is 0 Å². The summed E-state index contributed by atoms with van der Waals surface area (Å²) < 4.78 is 24.8. The van der Waals surface area contributed by atoms with Crippen molar-refractivity contribution in [2.45, 2.75) is 25.4 Å². The van der Waals surface area contributed by atoms with Gasteiger partial charge >= 0.3 is 0 Å². The molecule has 2 saturated heterocycles. The van der Waals surface area contributed by atoms with E-state index in [1.165, 1.54) is 17.3 Å². The maximum Gasteiger partial charge on any atom is 0.248 e. The Labute approximate surface area is 147 Å². The van der Waals surface area contributed by atoms with E-state index in [0.29, 0.717) is 19.1 Å². The maximum absolute atomic E-state index is 13.1. The van der Waals surface area contributed by atoms with Gasteiger partial charge in [0.25, 0.3) is 0 Å². The third-order valence-corrected chi connectivity index (χ3v) is 4.99. The van der Waals surface area contributed by atoms with Crippen LogP contribution in [0.2, 0.25) is 0 Å². The molecule has 0 aliphatic carbocycles. The monoisotopic (exact) mass is 352 g/mol. The summed E-state index contributed by atoms with van der Waals surface area (Å²) >= 11 is 0. The Balaban J connectivity index is 1.70. The summed E-state index contributed by atoms with van der Waals surface area (Å²) in [5.41, 5.74) is -0.194. The summed E-state index contributed by atoms with van der Waals surface area (Å²) in [5.74, 6) is 0.0215. The number of likely N-dealkylation sites (N-methyl/N-ethyl adjacent to an activating group) is 1. The highest BCUT2D eigenvalue weighted by Crippen LogP contribution is 2.41. The smallest absolute Gasteiger partial charge is 0.248 e. The summed E-state index contributed by atoms with van der Waals surface area (Å²) in [6.07, 6.45) is 5.24. The number of halogens is 1. The molecule has 0 unspecified atom stereocenters. The molecule has 7 nitrogen and oxygen atoms in total. The van der Waals surface area contributed by atoms with E-state index in [4.69, 9.17) is 9.47 Å². The van der Waals surface area contributed by atoms with Crippen LogP contribution in [0.3, 0.4) is 0 Å². The number of aromatic nitrogens is 2. The third kappa shape index (κ3) is 4.07. The van der Waals surface area contributed by atoms with E-state index in [-0.39, 0.29) is 24.0 Å². The van der Waals surface area contributed by atoms with Crippen LogP contribution in [0.4, 0.5) is 10.3 Å². The molecule has 1 amide bonds. The molecule has 3 rings (SSSR count). The van der Waals surface area contributed by atoms with E-state index in [0.717, 1.165) is 32.4 Å². The van der Waals surface area contributed by atoms with Gasteiger partial charge in [0, 0.05) is 39.2 Å². The first-order valence-electron chi connectivity index (χ1n) is 8.62. The molecular weight excluding hydrogens is 327 g/mol. The van der Waals surface area contributed by atoms with Gasteiger partial charge < -0.3 is 19.3 Å². The first-order chi connectivity index (χ1) is 12.0. The Bertz CT molecular complexity index is 598. The van der Waals surface area contributed by atoms with Gasteiger partial charge in [0.2, 0.25) is 11.9 Å². The minimum absolute atomic E-state index is 0.0563. The zero-order chi connectivity index (χ0) is 17.9. The van der Waals surface area contributed by atoms with E-state index in [1.807, 2.05) is 0 Å². The fraction of sp³-hybridized carbons (Fsp3) is 0.706. The number of carbonyl (C=O) groups is 1. The Kier molecular flexibility index (Phi) is 5.48. The molecule has 8 heteroatoms. The average Bonchev–Trinajstić information content (AvgIpc) is 2.61. The predicted octanol–water partition coefficient (Wildman–Crippen LogP) is 1.10. The van der Waals surface area contributed by atoms with Crippen molar-refractivity contribution in [2.75, 3.05) is 51.9 Å². The van der Waals surface area contributed by atoms with Gasteiger partial charge in [0.15, 0.2) is 5.82 Å². The SMILES string of the molecule is CN(C)C(=O)COC[C@]12CCCO[C@@H]1CCN(c1ncc(F)cn1)C2. The zero-order valence-electron chi connectivity index (χ0n) is 14.8. The van der Waals surface area contributed by atoms with Crippen LogP contribution in [-0.2, 0) is 14.3 Å². The molecule has 0 bridgehead atoms. The van der Waals surface area contributed by atoms with Gasteiger partial charge in [0.1, 0.15) is 6.61 Å². The van der Waals surface area contributed by atoms with Crippen LogP contribution in [0.15, 0.2) is 12.4 Å². The Morgan fingerprint density at radius 3 is 2.96 bits per heavy atom. The molecule has 2 aliphatic rings. The standard InChI is InChI=1S/C17H25FN4O3/c1-21(2)15(23)10-24-12-17-5-3-7-25-14(17)4-6-22(11-17)16-19-8-13(18)9-20-16/h8-9,14H,3-7,10-12H2,1-2H3/t14-,17-/m1/s1. The second-order valence-electron chi connectivity index (χ2n) is 7.02. The van der Waals surface area contributed by atoms with Crippen LogP contribution in [0.25, 0.3) is 0 Å². The number of fused-ring (bicyclic) bond motifs is 1. The van der Waals surface area contributed by atoms with Crippen molar-refractivity contribution in [3.63, 3.8) is 0 Å². The van der Waals surface area contributed by atoms with Gasteiger partial charge in [-0.05, 0) is 19.3 Å². The van der Waals surface area contributed by atoms with Gasteiger partial charge in [-0.3, -0.25) is 4.79 Å². The molecule has 138 valence electrons. The normalized spacial score (nSPS) is 26.2. The van der Waals surface area contributed by atoms with Gasteiger partial charge in [-0.25, -0.2) is 14.4 Å². The minimum atomic E-state index is -0.445. The Morgan fingerprint density at radius 2 is 2.24 bits per heavy atom. The van der Waals surface area contributed by atoms with Crippen LogP contribution in [0.5, 0.6) is 0 Å². The number of anilines is 1. The predicted molar refractivity (Wildman–Crippen MR) is 89.7 cm³/mol. The second kappa shape index (κ2) is 7.61. The van der Waals surface area contributed by atoms with Gasteiger partial charge in [-0.15, -0.1) is 0 Å². The van der Waals surface area contributed by atoms with Gasteiger partial charge in [-0.1, -0.05) is 0 Å². The van der Waals surface area contributed by atoms with E-state index in [9.17, 15) is 9.18 Å². The number of piperidine rings is 1. The fourth-order valence-electron chi connectivity index (χ4n) is 3.61. The highest BCUT2D eigenvalue weighted by molar-refractivity contribution is 5.76. The lowest BCUT2D eigenvalue weighted by Gasteiger charge is -2.50. The number of ether oxygens (including phenoxy) is 2. The van der Waals surface area contributed by atoms with Gasteiger partial charge in [0.05, 0.1) is 25.1 Å². The molecule has 1 aromatic heterocycles. The van der Waals surface area contributed by atoms with Crippen LogP contribution < -0.4 is 4.90 Å². The highest BCUT2D eigenvalue weighted by Gasteiger charge is 2.46. The van der Waals surface area contributed by atoms with Crippen molar-refractivity contribution in [2.24, 2.45) is 5.41 Å². The first kappa shape index (κ1) is 18.0. The molecule has 1 aromatic rings. The Hall–Kier alpha value is -1.80. The van der Waals surface area contributed by atoms with E-state index in [1.54, 1.807) is 14.1 Å². The van der Waals surface area contributed by atoms with Crippen molar-refractivity contribution in [1.82, 2.24) is 14.9 Å². The van der Waals surface area contributed by atoms with Crippen LogP contribution >= 0.6 is 0 Å². The lowest BCUT2D eigenvalue weighted by atomic mass is 9.73. The summed E-state index contributed by atoms with van der Waals surface area (Å²) in [5, 5.41) is 0. The molecule has 0 aromatic carbocycles. The molecule has 0 spiro atoms. The summed E-state index contributed by atoms with van der Waals surface area (Å²) in [4.78, 5) is 23.5. The molecule has 2 atom stereocenters. The number of rotatable bonds is 5. The van der Waals surface area contributed by atoms with Crippen LogP contribution in [0.1, 0.15) is 19.3 Å². The number of amides is 1. The second-order valence-corrected chi connectivity index (χ2v) is 7.02. The van der Waals surface area contributed by atoms with Crippen molar-refractivity contribution in [1.29, 1.82) is 0 Å². The maximum atomic E-state index is 13.1. The van der Waals surface area contributed by atoms with Crippen LogP contribution in [0, 0.1) is 11.2 Å². The van der Waals surface area contributed by atoms with Crippen LogP contribution in [-0.4, -0.2) is 73.9 Å². The summed E-state index contributed by atoms with van der Waals surface area (Å²) in [6.45, 7) is 2.72. The van der Waals surface area contributed by atoms with E-state index >= 15 is 0 Å². The molecule has 0 radical (unpaired) electrons. The number of nitrogens with zero attached hydrogens (tertiary/aromatic N) is 4. The average molecular weight is 352 g/mol. The topological polar surface area (TPSA) is 67.8 Å². The number of hydrogen-bond donors (Lipinski definition) is 0. The quantitative estimate of drug-likeness (QED) is 0.790. The molecule has 3 heterocycles.